The van der Waals surface area contributed by atoms with Gasteiger partial charge in [-0.3, -0.25) is 4.79 Å². The number of aliphatic hydroxyl groups excluding tert-OH is 1. The zero-order valence-corrected chi connectivity index (χ0v) is 11.8. The van der Waals surface area contributed by atoms with Gasteiger partial charge in [-0.15, -0.1) is 0 Å². The van der Waals surface area contributed by atoms with Gasteiger partial charge in [0, 0.05) is 6.42 Å². The predicted molar refractivity (Wildman–Crippen MR) is 76.9 cm³/mol. The summed E-state index contributed by atoms with van der Waals surface area (Å²) < 4.78 is 0. The van der Waals surface area contributed by atoms with Gasteiger partial charge in [0.05, 0.1) is 6.10 Å². The van der Waals surface area contributed by atoms with Crippen molar-refractivity contribution in [3.05, 3.63) is 24.3 Å². The molecule has 3 unspecified atom stereocenters. The molecule has 3 heteroatoms. The third kappa shape index (κ3) is 8.60. The van der Waals surface area contributed by atoms with E-state index in [9.17, 15) is 4.79 Å². The van der Waals surface area contributed by atoms with Crippen LogP contribution < -0.4 is 0 Å². The van der Waals surface area contributed by atoms with E-state index in [0.717, 1.165) is 31.1 Å². The third-order valence-electron chi connectivity index (χ3n) is 3.63. The van der Waals surface area contributed by atoms with Crippen molar-refractivity contribution in [2.24, 2.45) is 11.8 Å². The Hall–Kier alpha value is -1.09. The van der Waals surface area contributed by atoms with Crippen LogP contribution in [-0.4, -0.2) is 22.3 Å². The van der Waals surface area contributed by atoms with Gasteiger partial charge in [0.2, 0.25) is 0 Å². The molecule has 0 saturated heterocycles. The zero-order chi connectivity index (χ0) is 14.1. The van der Waals surface area contributed by atoms with Crippen molar-refractivity contribution in [3.8, 4) is 0 Å². The first-order valence-electron chi connectivity index (χ1n) is 7.32. The Morgan fingerprint density at radius 2 is 2.00 bits per heavy atom. The maximum atomic E-state index is 10.4. The maximum Gasteiger partial charge on any atom is 0.303 e. The van der Waals surface area contributed by atoms with Crippen LogP contribution in [0.15, 0.2) is 24.3 Å². The lowest BCUT2D eigenvalue weighted by Gasteiger charge is -1.98. The van der Waals surface area contributed by atoms with Crippen molar-refractivity contribution in [3.63, 3.8) is 0 Å². The van der Waals surface area contributed by atoms with Crippen molar-refractivity contribution in [2.75, 3.05) is 0 Å². The lowest BCUT2D eigenvalue weighted by Crippen LogP contribution is -1.94. The minimum absolute atomic E-state index is 0.315. The highest BCUT2D eigenvalue weighted by Crippen LogP contribution is 2.45. The van der Waals surface area contributed by atoms with Crippen molar-refractivity contribution in [2.45, 2.75) is 58.0 Å². The number of aliphatic carboxylic acids is 1. The van der Waals surface area contributed by atoms with Crippen LogP contribution in [0.5, 0.6) is 0 Å². The van der Waals surface area contributed by atoms with Crippen LogP contribution >= 0.6 is 0 Å². The lowest BCUT2D eigenvalue weighted by atomic mass is 10.1. The summed E-state index contributed by atoms with van der Waals surface area (Å²) >= 11 is 0. The Bertz CT molecular complexity index is 318. The summed E-state index contributed by atoms with van der Waals surface area (Å²) in [5, 5.41) is 17.6. The van der Waals surface area contributed by atoms with Crippen LogP contribution in [-0.2, 0) is 4.79 Å². The van der Waals surface area contributed by atoms with E-state index >= 15 is 0 Å². The topological polar surface area (TPSA) is 57.5 Å². The summed E-state index contributed by atoms with van der Waals surface area (Å²) in [5.41, 5.74) is 0. The molecule has 0 aliphatic heterocycles. The first kappa shape index (κ1) is 16.0. The SMILES string of the molecule is CC(O)/C=C/C=C/CCC1CC1CCCCC(=O)O. The number of rotatable bonds is 10. The van der Waals surface area contributed by atoms with Crippen LogP contribution in [0.1, 0.15) is 51.9 Å². The van der Waals surface area contributed by atoms with Gasteiger partial charge in [0.15, 0.2) is 0 Å². The zero-order valence-electron chi connectivity index (χ0n) is 11.8. The number of hydrogen-bond acceptors (Lipinski definition) is 2. The second-order valence-corrected chi connectivity index (χ2v) is 5.53. The molecule has 0 spiro atoms. The standard InChI is InChI=1S/C16H26O3/c1-13(17)8-4-2-3-5-9-14-12-15(14)10-6-7-11-16(18)19/h2-4,8,13-15,17H,5-7,9-12H2,1H3,(H,18,19)/b3-2+,8-4+. The monoisotopic (exact) mass is 266 g/mol. The van der Waals surface area contributed by atoms with Gasteiger partial charge in [-0.1, -0.05) is 37.1 Å². The Labute approximate surface area is 116 Å². The second kappa shape index (κ2) is 8.92. The summed E-state index contributed by atoms with van der Waals surface area (Å²) in [4.78, 5) is 10.4. The van der Waals surface area contributed by atoms with E-state index in [2.05, 4.69) is 6.08 Å². The Balaban J connectivity index is 1.95. The van der Waals surface area contributed by atoms with E-state index < -0.39 is 5.97 Å². The minimum Gasteiger partial charge on any atom is -0.481 e. The van der Waals surface area contributed by atoms with Gasteiger partial charge in [0.25, 0.3) is 0 Å². The molecule has 0 aromatic carbocycles. The number of unbranched alkanes of at least 4 members (excludes halogenated alkanes) is 1. The number of carboxylic acid groups (broad SMARTS) is 1. The molecule has 0 bridgehead atoms. The fourth-order valence-corrected chi connectivity index (χ4v) is 2.41. The average molecular weight is 266 g/mol. The number of hydrogen-bond donors (Lipinski definition) is 2. The van der Waals surface area contributed by atoms with Crippen LogP contribution in [0.25, 0.3) is 0 Å². The van der Waals surface area contributed by atoms with Crippen molar-refractivity contribution < 1.29 is 15.0 Å². The molecule has 108 valence electrons. The smallest absolute Gasteiger partial charge is 0.303 e. The van der Waals surface area contributed by atoms with E-state index in [4.69, 9.17) is 10.2 Å². The molecule has 3 nitrogen and oxygen atoms in total. The van der Waals surface area contributed by atoms with Crippen molar-refractivity contribution >= 4 is 5.97 Å². The largest absolute Gasteiger partial charge is 0.481 e. The number of aliphatic hydroxyl groups is 1. The molecule has 1 aliphatic rings. The average Bonchev–Trinajstić information content (AvgIpc) is 3.07. The summed E-state index contributed by atoms with van der Waals surface area (Å²) in [7, 11) is 0. The number of carbonyl (C=O) groups is 1. The van der Waals surface area contributed by atoms with E-state index in [0.29, 0.717) is 6.42 Å². The predicted octanol–water partition coefficient (Wildman–Crippen LogP) is 3.54. The van der Waals surface area contributed by atoms with Crippen LogP contribution in [0.3, 0.4) is 0 Å². The fourth-order valence-electron chi connectivity index (χ4n) is 2.41. The fraction of sp³-hybridized carbons (Fsp3) is 0.688. The Morgan fingerprint density at radius 1 is 1.26 bits per heavy atom. The Kier molecular flexibility index (Phi) is 7.49. The van der Waals surface area contributed by atoms with Crippen molar-refractivity contribution in [1.82, 2.24) is 0 Å². The first-order chi connectivity index (χ1) is 9.09. The maximum absolute atomic E-state index is 10.4. The number of carboxylic acids is 1. The molecule has 0 aromatic rings. The quantitative estimate of drug-likeness (QED) is 0.469. The van der Waals surface area contributed by atoms with Gasteiger partial charge >= 0.3 is 5.97 Å². The van der Waals surface area contributed by atoms with E-state index in [1.165, 1.54) is 19.3 Å². The normalized spacial score (nSPS) is 24.1. The molecular formula is C16H26O3. The molecule has 1 saturated carbocycles. The van der Waals surface area contributed by atoms with Gasteiger partial charge < -0.3 is 10.2 Å². The summed E-state index contributed by atoms with van der Waals surface area (Å²) in [6, 6.07) is 0. The summed E-state index contributed by atoms with van der Waals surface area (Å²) in [6.45, 7) is 1.74. The van der Waals surface area contributed by atoms with E-state index in [1.54, 1.807) is 13.0 Å². The molecule has 0 aromatic heterocycles. The lowest BCUT2D eigenvalue weighted by molar-refractivity contribution is -0.137. The van der Waals surface area contributed by atoms with Gasteiger partial charge in [-0.25, -0.2) is 0 Å². The molecule has 0 amide bonds. The van der Waals surface area contributed by atoms with Crippen LogP contribution in [0.2, 0.25) is 0 Å². The third-order valence-corrected chi connectivity index (χ3v) is 3.63. The highest BCUT2D eigenvalue weighted by atomic mass is 16.4. The van der Waals surface area contributed by atoms with E-state index in [1.807, 2.05) is 12.2 Å². The highest BCUT2D eigenvalue weighted by Gasteiger charge is 2.34. The van der Waals surface area contributed by atoms with Crippen LogP contribution in [0.4, 0.5) is 0 Å². The van der Waals surface area contributed by atoms with E-state index in [-0.39, 0.29) is 6.10 Å². The second-order valence-electron chi connectivity index (χ2n) is 5.53. The van der Waals surface area contributed by atoms with Gasteiger partial charge in [-0.2, -0.15) is 0 Å². The Morgan fingerprint density at radius 3 is 2.68 bits per heavy atom. The molecule has 3 atom stereocenters. The molecule has 0 heterocycles. The molecule has 1 aliphatic carbocycles. The molecule has 19 heavy (non-hydrogen) atoms. The molecule has 0 radical (unpaired) electrons. The number of allylic oxidation sites excluding steroid dienone is 3. The summed E-state index contributed by atoms with van der Waals surface area (Å²) in [6.07, 6.45) is 14.5. The first-order valence-corrected chi connectivity index (χ1v) is 7.32. The minimum atomic E-state index is -0.678. The van der Waals surface area contributed by atoms with Crippen molar-refractivity contribution in [1.29, 1.82) is 0 Å². The summed E-state index contributed by atoms with van der Waals surface area (Å²) in [5.74, 6) is 1.02. The molecule has 1 rings (SSSR count). The van der Waals surface area contributed by atoms with Gasteiger partial charge in [-0.05, 0) is 44.4 Å². The highest BCUT2D eigenvalue weighted by molar-refractivity contribution is 5.66. The molecule has 1 fully saturated rings. The van der Waals surface area contributed by atoms with Crippen LogP contribution in [0, 0.1) is 11.8 Å². The molecular weight excluding hydrogens is 240 g/mol. The van der Waals surface area contributed by atoms with Gasteiger partial charge in [0.1, 0.15) is 0 Å². The molecule has 2 N–H and O–H groups in total.